The van der Waals surface area contributed by atoms with E-state index >= 15 is 0 Å². The van der Waals surface area contributed by atoms with Crippen molar-refractivity contribution in [1.29, 1.82) is 0 Å². The van der Waals surface area contributed by atoms with E-state index in [1.807, 2.05) is 12.1 Å². The van der Waals surface area contributed by atoms with Crippen LogP contribution in [-0.2, 0) is 11.3 Å². The molecule has 1 aliphatic carbocycles. The van der Waals surface area contributed by atoms with E-state index in [0.29, 0.717) is 12.6 Å². The predicted octanol–water partition coefficient (Wildman–Crippen LogP) is 1.81. The van der Waals surface area contributed by atoms with Gasteiger partial charge in [-0.25, -0.2) is 9.67 Å². The van der Waals surface area contributed by atoms with Crippen LogP contribution in [0, 0.1) is 0 Å². The first kappa shape index (κ1) is 15.9. The normalized spacial score (nSPS) is 16.1. The molecule has 0 radical (unpaired) electrons. The van der Waals surface area contributed by atoms with Crippen LogP contribution in [0.5, 0.6) is 0 Å². The molecule has 1 aliphatic rings. The van der Waals surface area contributed by atoms with E-state index in [2.05, 4.69) is 27.3 Å². The fourth-order valence-corrected chi connectivity index (χ4v) is 3.30. The quantitative estimate of drug-likeness (QED) is 0.883. The fourth-order valence-electron chi connectivity index (χ4n) is 3.30. The van der Waals surface area contributed by atoms with Gasteiger partial charge < -0.3 is 10.2 Å². The number of rotatable bonds is 6. The number of aromatic nitrogens is 3. The van der Waals surface area contributed by atoms with E-state index in [1.54, 1.807) is 17.1 Å². The van der Waals surface area contributed by atoms with Crippen molar-refractivity contribution in [2.45, 2.75) is 44.7 Å². The van der Waals surface area contributed by atoms with Crippen LogP contribution in [0.2, 0.25) is 0 Å². The molecule has 0 unspecified atom stereocenters. The molecule has 3 rings (SSSR count). The molecular formula is C17H25N5O. The largest absolute Gasteiger partial charge is 0.353 e. The predicted molar refractivity (Wildman–Crippen MR) is 90.0 cm³/mol. The van der Waals surface area contributed by atoms with Crippen molar-refractivity contribution >= 4 is 16.9 Å². The SMILES string of the molecule is CN(CCNC(=O)Cn1ncc2cccnc21)C1CCCCC1. The Hall–Kier alpha value is -1.95. The van der Waals surface area contributed by atoms with Gasteiger partial charge in [0.25, 0.3) is 0 Å². The summed E-state index contributed by atoms with van der Waals surface area (Å²) in [6.45, 7) is 1.79. The molecule has 2 heterocycles. The lowest BCUT2D eigenvalue weighted by molar-refractivity contribution is -0.121. The Morgan fingerprint density at radius 3 is 3.04 bits per heavy atom. The first-order valence-electron chi connectivity index (χ1n) is 8.47. The first-order chi connectivity index (χ1) is 11.2. The highest BCUT2D eigenvalue weighted by molar-refractivity contribution is 5.79. The van der Waals surface area contributed by atoms with Crippen molar-refractivity contribution in [3.63, 3.8) is 0 Å². The molecule has 1 saturated carbocycles. The van der Waals surface area contributed by atoms with Crippen LogP contribution < -0.4 is 5.32 Å². The number of nitrogens with zero attached hydrogens (tertiary/aromatic N) is 4. The second-order valence-electron chi connectivity index (χ2n) is 6.34. The number of likely N-dealkylation sites (N-methyl/N-ethyl adjacent to an activating group) is 1. The third kappa shape index (κ3) is 4.07. The zero-order chi connectivity index (χ0) is 16.1. The van der Waals surface area contributed by atoms with Crippen molar-refractivity contribution in [2.75, 3.05) is 20.1 Å². The van der Waals surface area contributed by atoms with Gasteiger partial charge in [0.15, 0.2) is 5.65 Å². The number of carbonyl (C=O) groups excluding carboxylic acids is 1. The van der Waals surface area contributed by atoms with Crippen molar-refractivity contribution in [1.82, 2.24) is 25.0 Å². The molecule has 6 nitrogen and oxygen atoms in total. The smallest absolute Gasteiger partial charge is 0.241 e. The van der Waals surface area contributed by atoms with E-state index in [-0.39, 0.29) is 12.5 Å². The van der Waals surface area contributed by atoms with E-state index in [1.165, 1.54) is 32.1 Å². The van der Waals surface area contributed by atoms with Crippen molar-refractivity contribution in [3.05, 3.63) is 24.5 Å². The van der Waals surface area contributed by atoms with Gasteiger partial charge in [0, 0.05) is 30.7 Å². The summed E-state index contributed by atoms with van der Waals surface area (Å²) in [5, 5.41) is 8.18. The van der Waals surface area contributed by atoms with E-state index in [4.69, 9.17) is 0 Å². The summed E-state index contributed by atoms with van der Waals surface area (Å²) >= 11 is 0. The Labute approximate surface area is 136 Å². The van der Waals surface area contributed by atoms with Crippen LogP contribution in [0.15, 0.2) is 24.5 Å². The van der Waals surface area contributed by atoms with Gasteiger partial charge >= 0.3 is 0 Å². The van der Waals surface area contributed by atoms with Crippen LogP contribution >= 0.6 is 0 Å². The maximum atomic E-state index is 12.1. The van der Waals surface area contributed by atoms with Crippen molar-refractivity contribution in [2.24, 2.45) is 0 Å². The molecule has 0 atom stereocenters. The molecule has 23 heavy (non-hydrogen) atoms. The molecule has 1 fully saturated rings. The topological polar surface area (TPSA) is 63.1 Å². The van der Waals surface area contributed by atoms with Crippen LogP contribution in [0.25, 0.3) is 11.0 Å². The summed E-state index contributed by atoms with van der Waals surface area (Å²) in [5.41, 5.74) is 0.752. The zero-order valence-corrected chi connectivity index (χ0v) is 13.7. The number of pyridine rings is 1. The second-order valence-corrected chi connectivity index (χ2v) is 6.34. The molecule has 124 valence electrons. The van der Waals surface area contributed by atoms with Gasteiger partial charge in [-0.3, -0.25) is 4.79 Å². The Morgan fingerprint density at radius 2 is 2.22 bits per heavy atom. The maximum Gasteiger partial charge on any atom is 0.241 e. The molecule has 0 aromatic carbocycles. The summed E-state index contributed by atoms with van der Waals surface area (Å²) in [6.07, 6.45) is 10.1. The fraction of sp³-hybridized carbons (Fsp3) is 0.588. The van der Waals surface area contributed by atoms with Gasteiger partial charge in [-0.2, -0.15) is 5.10 Å². The van der Waals surface area contributed by atoms with Gasteiger partial charge in [0.05, 0.1) is 6.20 Å². The lowest BCUT2D eigenvalue weighted by Gasteiger charge is -2.31. The molecular weight excluding hydrogens is 290 g/mol. The highest BCUT2D eigenvalue weighted by atomic mass is 16.2. The number of fused-ring (bicyclic) bond motifs is 1. The second kappa shape index (κ2) is 7.55. The minimum atomic E-state index is -0.0160. The van der Waals surface area contributed by atoms with Gasteiger partial charge in [-0.1, -0.05) is 19.3 Å². The summed E-state index contributed by atoms with van der Waals surface area (Å²) in [6, 6.07) is 4.50. The molecule has 0 saturated heterocycles. The maximum absolute atomic E-state index is 12.1. The van der Waals surface area contributed by atoms with Gasteiger partial charge in [-0.05, 0) is 32.0 Å². The van der Waals surface area contributed by atoms with E-state index < -0.39 is 0 Å². The van der Waals surface area contributed by atoms with Crippen LogP contribution in [0.4, 0.5) is 0 Å². The average molecular weight is 315 g/mol. The molecule has 0 aliphatic heterocycles. The minimum Gasteiger partial charge on any atom is -0.353 e. The molecule has 6 heteroatoms. The third-order valence-corrected chi connectivity index (χ3v) is 4.68. The van der Waals surface area contributed by atoms with Crippen LogP contribution in [-0.4, -0.2) is 51.8 Å². The first-order valence-corrected chi connectivity index (χ1v) is 8.47. The Morgan fingerprint density at radius 1 is 1.39 bits per heavy atom. The third-order valence-electron chi connectivity index (χ3n) is 4.68. The Balaban J connectivity index is 1.44. The summed E-state index contributed by atoms with van der Waals surface area (Å²) in [7, 11) is 2.16. The lowest BCUT2D eigenvalue weighted by Crippen LogP contribution is -2.40. The summed E-state index contributed by atoms with van der Waals surface area (Å²) in [5.74, 6) is -0.0160. The highest BCUT2D eigenvalue weighted by Gasteiger charge is 2.17. The Bertz CT molecular complexity index is 647. The summed E-state index contributed by atoms with van der Waals surface area (Å²) in [4.78, 5) is 18.7. The molecule has 2 aromatic rings. The molecule has 1 amide bonds. The number of amides is 1. The van der Waals surface area contributed by atoms with Gasteiger partial charge in [0.2, 0.25) is 5.91 Å². The Kier molecular flexibility index (Phi) is 5.23. The monoisotopic (exact) mass is 315 g/mol. The van der Waals surface area contributed by atoms with Crippen LogP contribution in [0.1, 0.15) is 32.1 Å². The number of hydrogen-bond acceptors (Lipinski definition) is 4. The van der Waals surface area contributed by atoms with Gasteiger partial charge in [-0.15, -0.1) is 0 Å². The molecule has 1 N–H and O–H groups in total. The van der Waals surface area contributed by atoms with Crippen molar-refractivity contribution < 1.29 is 4.79 Å². The van der Waals surface area contributed by atoms with E-state index in [0.717, 1.165) is 17.6 Å². The lowest BCUT2D eigenvalue weighted by atomic mass is 9.94. The minimum absolute atomic E-state index is 0.0160. The number of nitrogens with one attached hydrogen (secondary N) is 1. The van der Waals surface area contributed by atoms with Crippen molar-refractivity contribution in [3.8, 4) is 0 Å². The average Bonchev–Trinajstić information content (AvgIpc) is 2.99. The standard InChI is InChI=1S/C17H25N5O/c1-21(15-7-3-2-4-8-15)11-10-18-16(23)13-22-17-14(12-20-22)6-5-9-19-17/h5-6,9,12,15H,2-4,7-8,10-11,13H2,1H3,(H,18,23). The summed E-state index contributed by atoms with van der Waals surface area (Å²) < 4.78 is 1.65. The number of carbonyl (C=O) groups is 1. The van der Waals surface area contributed by atoms with Crippen LogP contribution in [0.3, 0.4) is 0 Å². The zero-order valence-electron chi connectivity index (χ0n) is 13.7. The molecule has 2 aromatic heterocycles. The van der Waals surface area contributed by atoms with Gasteiger partial charge in [0.1, 0.15) is 6.54 Å². The molecule has 0 spiro atoms. The molecule has 0 bridgehead atoms. The highest BCUT2D eigenvalue weighted by Crippen LogP contribution is 2.21. The number of hydrogen-bond donors (Lipinski definition) is 1. The van der Waals surface area contributed by atoms with E-state index in [9.17, 15) is 4.79 Å².